The average molecular weight is 1130 g/mol. The molecule has 410 valence electrons. The Kier molecular flexibility index (Phi) is 13.9. The van der Waals surface area contributed by atoms with Gasteiger partial charge in [-0.2, -0.15) is 0 Å². The molecule has 4 aromatic carbocycles. The number of aryl methyl sites for hydroxylation is 12. The van der Waals surface area contributed by atoms with Crippen LogP contribution in [0.5, 0.6) is 0 Å². The van der Waals surface area contributed by atoms with Gasteiger partial charge in [0, 0.05) is 53.4 Å². The Hall–Kier alpha value is -9.08. The zero-order valence-corrected chi connectivity index (χ0v) is 51.3. The third-order valence-corrected chi connectivity index (χ3v) is 18.6. The van der Waals surface area contributed by atoms with Gasteiger partial charge in [0.15, 0.2) is 0 Å². The highest BCUT2D eigenvalue weighted by Crippen LogP contribution is 2.47. The van der Waals surface area contributed by atoms with Crippen LogP contribution < -0.4 is 0 Å². The van der Waals surface area contributed by atoms with Gasteiger partial charge in [-0.15, -0.1) is 22.7 Å². The number of nitrogens with zero attached hydrogens (tertiary/aromatic N) is 6. The number of fused-ring (bicyclic) bond motifs is 12. The summed E-state index contributed by atoms with van der Waals surface area (Å²) < 4.78 is 4.44. The molecule has 84 heavy (non-hydrogen) atoms. The zero-order valence-electron chi connectivity index (χ0n) is 49.7. The van der Waals surface area contributed by atoms with Crippen molar-refractivity contribution in [1.29, 1.82) is 0 Å². The summed E-state index contributed by atoms with van der Waals surface area (Å²) in [5.74, 6) is 0. The predicted octanol–water partition coefficient (Wildman–Crippen LogP) is 20.6. The highest BCUT2D eigenvalue weighted by molar-refractivity contribution is 7.24. The molecule has 12 bridgehead atoms. The average Bonchev–Trinajstić information content (AvgIpc) is 3.05. The predicted molar refractivity (Wildman–Crippen MR) is 360 cm³/mol. The summed E-state index contributed by atoms with van der Waals surface area (Å²) in [6.07, 6.45) is 21.1. The number of hydrogen-bond donors (Lipinski definition) is 0. The molecule has 4 aliphatic rings. The van der Waals surface area contributed by atoms with E-state index in [9.17, 15) is 0 Å². The lowest BCUT2D eigenvalue weighted by molar-refractivity contribution is 1.24. The first-order valence-corrected chi connectivity index (χ1v) is 30.4. The summed E-state index contributed by atoms with van der Waals surface area (Å²) in [6.45, 7) is 26.5. The van der Waals surface area contributed by atoms with Gasteiger partial charge in [0.05, 0.1) is 68.1 Å². The van der Waals surface area contributed by atoms with E-state index in [0.29, 0.717) is 0 Å². The van der Waals surface area contributed by atoms with Gasteiger partial charge in [-0.25, -0.2) is 19.9 Å². The first-order valence-electron chi connectivity index (χ1n) is 28.7. The summed E-state index contributed by atoms with van der Waals surface area (Å²) in [5.41, 5.74) is 33.6. The molecule has 5 aromatic heterocycles. The largest absolute Gasteiger partial charge is 0.256 e. The molecule has 9 heterocycles. The molecular weight excluding hydrogens is 1060 g/mol. The fourth-order valence-electron chi connectivity index (χ4n) is 13.4. The van der Waals surface area contributed by atoms with Crippen molar-refractivity contribution < 1.29 is 0 Å². The van der Waals surface area contributed by atoms with E-state index in [4.69, 9.17) is 29.9 Å². The molecule has 0 atom stereocenters. The molecule has 0 aliphatic carbocycles. The second-order valence-corrected chi connectivity index (χ2v) is 25.1. The standard InChI is InChI=1S/C76H64N6S2/c1-41-33-45(5)67(46(6)34-41)73-59-23-19-55(79-59)71(53-17-13-15-31-77-53)56-20-25-61(80-56)75(69-49(9)37-43(3)38-50(69)10)65-29-30-66(84-65)76(70-51(11)39-44(4)40-52(70)12)62-26-22-58(82-62)72(54-18-14-16-32-78-54)57-21-24-60(81-57)74(64-28-27-63(73)83-64)68-47(7)35-42(2)36-48(68)8/h13-40H,1-12H3. The Bertz CT molecular complexity index is 4130. The first-order chi connectivity index (χ1) is 40.6. The smallest absolute Gasteiger partial charge is 0.0753 e. The van der Waals surface area contributed by atoms with Crippen molar-refractivity contribution in [2.45, 2.75) is 83.1 Å². The second kappa shape index (κ2) is 21.6. The maximum absolute atomic E-state index is 5.69. The summed E-state index contributed by atoms with van der Waals surface area (Å²) in [4.78, 5) is 32.8. The topological polar surface area (TPSA) is 77.3 Å². The number of benzene rings is 4. The van der Waals surface area contributed by atoms with Crippen LogP contribution in [0, 0.1) is 83.1 Å². The fourth-order valence-corrected chi connectivity index (χ4v) is 15.6. The van der Waals surface area contributed by atoms with Gasteiger partial charge in [-0.05, 0) is 247 Å². The van der Waals surface area contributed by atoms with E-state index in [-0.39, 0.29) is 0 Å². The minimum atomic E-state index is 0.802. The number of thiophene rings is 2. The summed E-state index contributed by atoms with van der Waals surface area (Å²) >= 11 is 3.58. The van der Waals surface area contributed by atoms with Gasteiger partial charge in [0.1, 0.15) is 0 Å². The van der Waals surface area contributed by atoms with Gasteiger partial charge in [-0.1, -0.05) is 82.9 Å². The van der Waals surface area contributed by atoms with Gasteiger partial charge in [0.2, 0.25) is 0 Å². The van der Waals surface area contributed by atoms with E-state index in [1.54, 1.807) is 22.7 Å². The molecule has 8 heteroatoms. The lowest BCUT2D eigenvalue weighted by atomic mass is 9.93. The van der Waals surface area contributed by atoms with Crippen molar-refractivity contribution in [1.82, 2.24) is 29.9 Å². The van der Waals surface area contributed by atoms with E-state index in [2.05, 4.69) is 217 Å². The van der Waals surface area contributed by atoms with E-state index < -0.39 is 0 Å². The van der Waals surface area contributed by atoms with Crippen LogP contribution in [-0.4, -0.2) is 29.9 Å². The molecule has 0 spiro atoms. The van der Waals surface area contributed by atoms with Gasteiger partial charge in [-0.3, -0.25) is 9.97 Å². The number of hydrogen-bond acceptors (Lipinski definition) is 8. The molecule has 0 N–H and O–H groups in total. The third-order valence-electron chi connectivity index (χ3n) is 16.4. The van der Waals surface area contributed by atoms with Crippen molar-refractivity contribution in [2.75, 3.05) is 0 Å². The fraction of sp³-hybridized carbons (Fsp3) is 0.158. The summed E-state index contributed by atoms with van der Waals surface area (Å²) in [6, 6.07) is 39.6. The number of rotatable bonds is 6. The van der Waals surface area contributed by atoms with Crippen LogP contribution in [0.15, 0.2) is 122 Å². The van der Waals surface area contributed by atoms with E-state index in [0.717, 1.165) is 109 Å². The molecule has 6 nitrogen and oxygen atoms in total. The molecule has 0 saturated heterocycles. The second-order valence-electron chi connectivity index (χ2n) is 23.0. The van der Waals surface area contributed by atoms with E-state index >= 15 is 0 Å². The summed E-state index contributed by atoms with van der Waals surface area (Å²) in [5, 5.41) is 0. The Morgan fingerprint density at radius 3 is 0.655 bits per heavy atom. The van der Waals surface area contributed by atoms with Crippen LogP contribution in [0.2, 0.25) is 0 Å². The minimum absolute atomic E-state index is 0.802. The number of pyridine rings is 2. The molecular formula is C76H64N6S2. The van der Waals surface area contributed by atoms with Crippen molar-refractivity contribution in [3.63, 3.8) is 0 Å². The molecule has 0 unspecified atom stereocenters. The molecule has 4 aliphatic heterocycles. The van der Waals surface area contributed by atoms with Gasteiger partial charge in [0.25, 0.3) is 0 Å². The summed E-state index contributed by atoms with van der Waals surface area (Å²) in [7, 11) is 0. The molecule has 13 rings (SSSR count). The third kappa shape index (κ3) is 9.73. The van der Waals surface area contributed by atoms with Crippen LogP contribution in [0.3, 0.4) is 0 Å². The lowest BCUT2D eigenvalue weighted by Gasteiger charge is -2.14. The zero-order chi connectivity index (χ0) is 58.2. The molecule has 0 amide bonds. The SMILES string of the molecule is Cc1cc(C)c(-c2c3nc(c(-c4ccccn4)c4nc(c(-c5c(C)cc(C)cc5C)c5ccc(s5)c(-c5c(C)cc(C)cc5C)c5nc(c(-c6ccccn6)c6nc(c(-c7c(C)cc(C)cc7C)c7ccc2s7)C=C6)C=C5)C=C4)C=C3)c(C)c1. The quantitative estimate of drug-likeness (QED) is 0.165. The van der Waals surface area contributed by atoms with Crippen molar-refractivity contribution in [2.24, 2.45) is 0 Å². The highest BCUT2D eigenvalue weighted by Gasteiger charge is 2.25. The molecule has 9 aromatic rings. The first kappa shape index (κ1) is 54.2. The normalized spacial score (nSPS) is 12.3. The maximum Gasteiger partial charge on any atom is 0.0753 e. The molecule has 0 fully saturated rings. The van der Waals surface area contributed by atoms with Crippen molar-refractivity contribution in [3.05, 3.63) is 234 Å². The van der Waals surface area contributed by atoms with E-state index in [1.165, 1.54) is 89.0 Å². The Balaban J connectivity index is 1.25. The van der Waals surface area contributed by atoms with Gasteiger partial charge < -0.3 is 0 Å². The Labute approximate surface area is 500 Å². The number of aromatic nitrogens is 6. The Morgan fingerprint density at radius 2 is 0.452 bits per heavy atom. The highest BCUT2D eigenvalue weighted by atomic mass is 32.1. The van der Waals surface area contributed by atoms with Crippen LogP contribution >= 0.6 is 22.7 Å². The molecule has 0 radical (unpaired) electrons. The van der Waals surface area contributed by atoms with Crippen LogP contribution in [-0.2, 0) is 0 Å². The van der Waals surface area contributed by atoms with Crippen LogP contribution in [0.25, 0.3) is 134 Å². The van der Waals surface area contributed by atoms with Gasteiger partial charge >= 0.3 is 0 Å². The van der Waals surface area contributed by atoms with Crippen molar-refractivity contribution >= 4 is 90.1 Å². The van der Waals surface area contributed by atoms with E-state index in [1.807, 2.05) is 36.7 Å². The van der Waals surface area contributed by atoms with Crippen molar-refractivity contribution in [3.8, 4) is 67.0 Å². The Morgan fingerprint density at radius 1 is 0.238 bits per heavy atom. The monoisotopic (exact) mass is 1120 g/mol. The molecule has 0 saturated carbocycles. The minimum Gasteiger partial charge on any atom is -0.256 e. The van der Waals surface area contributed by atoms with Crippen LogP contribution in [0.4, 0.5) is 0 Å². The van der Waals surface area contributed by atoms with Crippen LogP contribution in [0.1, 0.15) is 112 Å². The maximum atomic E-state index is 5.69. The lowest BCUT2D eigenvalue weighted by Crippen LogP contribution is -1.95.